The van der Waals surface area contributed by atoms with E-state index in [1.165, 1.54) is 0 Å². The first-order valence-electron chi connectivity index (χ1n) is 4.32. The molecule has 1 atom stereocenters. The summed E-state index contributed by atoms with van der Waals surface area (Å²) >= 11 is 0. The van der Waals surface area contributed by atoms with Gasteiger partial charge in [-0.2, -0.15) is 0 Å². The molecule has 0 aliphatic heterocycles. The standard InChI is InChI=1S/C10H19NO2/c1-6-7-10(5,11)8(12)13-9(2,3)4/h6H,1,7,11H2,2-5H3/t10-/m0/s1. The van der Waals surface area contributed by atoms with Crippen LogP contribution in [0.5, 0.6) is 0 Å². The van der Waals surface area contributed by atoms with Gasteiger partial charge >= 0.3 is 5.97 Å². The molecule has 0 aromatic heterocycles. The predicted octanol–water partition coefficient (Wildman–Crippen LogP) is 1.62. The number of carbonyl (C=O) groups is 1. The summed E-state index contributed by atoms with van der Waals surface area (Å²) in [6, 6.07) is 0. The summed E-state index contributed by atoms with van der Waals surface area (Å²) in [7, 11) is 0. The van der Waals surface area contributed by atoms with E-state index in [9.17, 15) is 4.79 Å². The first-order valence-corrected chi connectivity index (χ1v) is 4.32. The molecule has 0 fully saturated rings. The first-order chi connectivity index (χ1) is 5.69. The highest BCUT2D eigenvalue weighted by molar-refractivity contribution is 5.80. The lowest BCUT2D eigenvalue weighted by atomic mass is 9.99. The lowest BCUT2D eigenvalue weighted by Crippen LogP contribution is -2.48. The molecule has 0 rings (SSSR count). The van der Waals surface area contributed by atoms with E-state index in [1.807, 2.05) is 20.8 Å². The van der Waals surface area contributed by atoms with Crippen molar-refractivity contribution in [1.82, 2.24) is 0 Å². The number of esters is 1. The molecule has 0 saturated carbocycles. The molecule has 2 N–H and O–H groups in total. The summed E-state index contributed by atoms with van der Waals surface area (Å²) in [6.45, 7) is 10.6. The van der Waals surface area contributed by atoms with Crippen LogP contribution in [0.3, 0.4) is 0 Å². The smallest absolute Gasteiger partial charge is 0.326 e. The van der Waals surface area contributed by atoms with Gasteiger partial charge in [0.25, 0.3) is 0 Å². The minimum Gasteiger partial charge on any atom is -0.459 e. The second-order valence-corrected chi connectivity index (χ2v) is 4.41. The van der Waals surface area contributed by atoms with E-state index in [-0.39, 0.29) is 5.97 Å². The quantitative estimate of drug-likeness (QED) is 0.537. The fourth-order valence-corrected chi connectivity index (χ4v) is 0.778. The molecule has 0 amide bonds. The van der Waals surface area contributed by atoms with Crippen molar-refractivity contribution in [2.24, 2.45) is 5.73 Å². The number of rotatable bonds is 3. The first kappa shape index (κ1) is 12.2. The summed E-state index contributed by atoms with van der Waals surface area (Å²) in [5.41, 5.74) is 4.28. The largest absolute Gasteiger partial charge is 0.459 e. The normalized spacial score (nSPS) is 16.1. The summed E-state index contributed by atoms with van der Waals surface area (Å²) in [5, 5.41) is 0. The van der Waals surface area contributed by atoms with E-state index in [2.05, 4.69) is 6.58 Å². The summed E-state index contributed by atoms with van der Waals surface area (Å²) in [5.74, 6) is -0.389. The molecule has 0 bridgehead atoms. The molecular weight excluding hydrogens is 166 g/mol. The molecule has 0 unspecified atom stereocenters. The monoisotopic (exact) mass is 185 g/mol. The van der Waals surface area contributed by atoms with Crippen LogP contribution in [0.15, 0.2) is 12.7 Å². The van der Waals surface area contributed by atoms with Crippen LogP contribution in [0.25, 0.3) is 0 Å². The highest BCUT2D eigenvalue weighted by Crippen LogP contribution is 2.15. The molecular formula is C10H19NO2. The second kappa shape index (κ2) is 3.92. The van der Waals surface area contributed by atoms with Crippen LogP contribution in [0, 0.1) is 0 Å². The van der Waals surface area contributed by atoms with Crippen LogP contribution in [0.2, 0.25) is 0 Å². The van der Waals surface area contributed by atoms with E-state index < -0.39 is 11.1 Å². The van der Waals surface area contributed by atoms with Crippen LogP contribution >= 0.6 is 0 Å². The van der Waals surface area contributed by atoms with Gasteiger partial charge in [0.2, 0.25) is 0 Å². The highest BCUT2D eigenvalue weighted by atomic mass is 16.6. The van der Waals surface area contributed by atoms with Crippen molar-refractivity contribution in [3.8, 4) is 0 Å². The van der Waals surface area contributed by atoms with Crippen LogP contribution in [0.4, 0.5) is 0 Å². The highest BCUT2D eigenvalue weighted by Gasteiger charge is 2.31. The fraction of sp³-hybridized carbons (Fsp3) is 0.700. The minimum absolute atomic E-state index is 0.389. The van der Waals surface area contributed by atoms with Crippen LogP contribution in [0.1, 0.15) is 34.1 Å². The van der Waals surface area contributed by atoms with Gasteiger partial charge in [-0.3, -0.25) is 4.79 Å². The lowest BCUT2D eigenvalue weighted by molar-refractivity contribution is -0.160. The Morgan fingerprint density at radius 2 is 1.92 bits per heavy atom. The van der Waals surface area contributed by atoms with Crippen molar-refractivity contribution >= 4 is 5.97 Å². The SMILES string of the molecule is C=CC[C@](C)(N)C(=O)OC(C)(C)C. The van der Waals surface area contributed by atoms with E-state index in [4.69, 9.17) is 10.5 Å². The van der Waals surface area contributed by atoms with Crippen molar-refractivity contribution in [3.05, 3.63) is 12.7 Å². The predicted molar refractivity (Wildman–Crippen MR) is 53.3 cm³/mol. The van der Waals surface area contributed by atoms with Gasteiger partial charge in [0.05, 0.1) is 0 Å². The number of hydrogen-bond acceptors (Lipinski definition) is 3. The third kappa shape index (κ3) is 4.68. The molecule has 0 radical (unpaired) electrons. The van der Waals surface area contributed by atoms with Crippen LogP contribution in [-0.4, -0.2) is 17.1 Å². The Hall–Kier alpha value is -0.830. The van der Waals surface area contributed by atoms with Gasteiger partial charge in [-0.25, -0.2) is 0 Å². The zero-order valence-electron chi connectivity index (χ0n) is 8.89. The Labute approximate surface area is 79.9 Å². The third-order valence-electron chi connectivity index (χ3n) is 1.43. The summed E-state index contributed by atoms with van der Waals surface area (Å²) < 4.78 is 5.14. The van der Waals surface area contributed by atoms with Crippen molar-refractivity contribution < 1.29 is 9.53 Å². The second-order valence-electron chi connectivity index (χ2n) is 4.41. The molecule has 76 valence electrons. The van der Waals surface area contributed by atoms with E-state index >= 15 is 0 Å². The van der Waals surface area contributed by atoms with Crippen molar-refractivity contribution in [3.63, 3.8) is 0 Å². The van der Waals surface area contributed by atoms with Gasteiger partial charge in [0.15, 0.2) is 0 Å². The molecule has 0 aromatic carbocycles. The fourth-order valence-electron chi connectivity index (χ4n) is 0.778. The van der Waals surface area contributed by atoms with Crippen LogP contribution < -0.4 is 5.73 Å². The van der Waals surface area contributed by atoms with Crippen molar-refractivity contribution in [2.45, 2.75) is 45.3 Å². The Bertz CT molecular complexity index is 201. The topological polar surface area (TPSA) is 52.3 Å². The maximum Gasteiger partial charge on any atom is 0.326 e. The third-order valence-corrected chi connectivity index (χ3v) is 1.43. The molecule has 0 saturated heterocycles. The Morgan fingerprint density at radius 3 is 2.23 bits per heavy atom. The molecule has 0 heterocycles. The molecule has 0 aromatic rings. The maximum absolute atomic E-state index is 11.5. The zero-order valence-corrected chi connectivity index (χ0v) is 8.89. The van der Waals surface area contributed by atoms with Gasteiger partial charge in [-0.1, -0.05) is 6.08 Å². The van der Waals surface area contributed by atoms with E-state index in [0.717, 1.165) is 0 Å². The minimum atomic E-state index is -0.963. The van der Waals surface area contributed by atoms with Crippen LogP contribution in [-0.2, 0) is 9.53 Å². The molecule has 3 heteroatoms. The summed E-state index contributed by atoms with van der Waals surface area (Å²) in [6.07, 6.45) is 2.03. The average Bonchev–Trinajstić information content (AvgIpc) is 1.82. The van der Waals surface area contributed by atoms with E-state index in [1.54, 1.807) is 13.0 Å². The molecule has 13 heavy (non-hydrogen) atoms. The van der Waals surface area contributed by atoms with Gasteiger partial charge in [0.1, 0.15) is 11.1 Å². The van der Waals surface area contributed by atoms with Gasteiger partial charge in [-0.05, 0) is 34.1 Å². The number of nitrogens with two attached hydrogens (primary N) is 1. The van der Waals surface area contributed by atoms with E-state index in [0.29, 0.717) is 6.42 Å². The Balaban J connectivity index is 4.33. The average molecular weight is 185 g/mol. The molecule has 0 spiro atoms. The number of hydrogen-bond donors (Lipinski definition) is 1. The van der Waals surface area contributed by atoms with Crippen molar-refractivity contribution in [2.75, 3.05) is 0 Å². The molecule has 0 aliphatic rings. The molecule has 0 aliphatic carbocycles. The number of ether oxygens (including phenoxy) is 1. The zero-order chi connectivity index (χ0) is 10.7. The molecule has 3 nitrogen and oxygen atoms in total. The van der Waals surface area contributed by atoms with Gasteiger partial charge in [0, 0.05) is 0 Å². The summed E-state index contributed by atoms with van der Waals surface area (Å²) in [4.78, 5) is 11.5. The number of carbonyl (C=O) groups excluding carboxylic acids is 1. The lowest BCUT2D eigenvalue weighted by Gasteiger charge is -2.27. The van der Waals surface area contributed by atoms with Crippen molar-refractivity contribution in [1.29, 1.82) is 0 Å². The Kier molecular flexibility index (Phi) is 3.67. The Morgan fingerprint density at radius 1 is 1.46 bits per heavy atom. The van der Waals surface area contributed by atoms with Gasteiger partial charge < -0.3 is 10.5 Å². The maximum atomic E-state index is 11.5. The van der Waals surface area contributed by atoms with Gasteiger partial charge in [-0.15, -0.1) is 6.58 Å².